The van der Waals surface area contributed by atoms with E-state index >= 15 is 0 Å². The molecule has 1 aliphatic carbocycles. The summed E-state index contributed by atoms with van der Waals surface area (Å²) in [7, 11) is 0. The third-order valence-corrected chi connectivity index (χ3v) is 8.18. The fourth-order valence-corrected chi connectivity index (χ4v) is 6.32. The van der Waals surface area contributed by atoms with E-state index in [0.29, 0.717) is 18.5 Å². The van der Waals surface area contributed by atoms with Gasteiger partial charge in [0.2, 0.25) is 11.8 Å². The molecule has 1 spiro atoms. The van der Waals surface area contributed by atoms with E-state index in [-0.39, 0.29) is 11.8 Å². The summed E-state index contributed by atoms with van der Waals surface area (Å²) in [6.07, 6.45) is 9.31. The van der Waals surface area contributed by atoms with E-state index in [0.717, 1.165) is 25.9 Å². The van der Waals surface area contributed by atoms with E-state index in [4.69, 9.17) is 4.74 Å². The molecule has 2 heterocycles. The number of carbonyl (C=O) groups excluding carboxylic acids is 2. The van der Waals surface area contributed by atoms with Gasteiger partial charge in [0.05, 0.1) is 11.2 Å². The van der Waals surface area contributed by atoms with Gasteiger partial charge in [0.25, 0.3) is 0 Å². The van der Waals surface area contributed by atoms with E-state index < -0.39 is 22.0 Å². The van der Waals surface area contributed by atoms with Crippen molar-refractivity contribution in [3.8, 4) is 0 Å². The molecule has 2 aliphatic heterocycles. The Balaban J connectivity index is 1.61. The highest BCUT2D eigenvalue weighted by molar-refractivity contribution is 5.82. The Kier molecular flexibility index (Phi) is 6.86. The summed E-state index contributed by atoms with van der Waals surface area (Å²) in [5.41, 5.74) is -1.15. The first kappa shape index (κ1) is 25.5. The standard InChI is InChI=1S/C27H48N2O3/c1-23(2,3)21(30)29-19-25(6,7)32-26(8,20-29)14-13-24(4,5)22(31)28-17-15-27(16-18-28)11-9-10-12-27/h9-20H2,1-8H3. The predicted molar refractivity (Wildman–Crippen MR) is 129 cm³/mol. The quantitative estimate of drug-likeness (QED) is 0.577. The molecule has 0 radical (unpaired) electrons. The van der Waals surface area contributed by atoms with Crippen LogP contribution in [0.3, 0.4) is 0 Å². The highest BCUT2D eigenvalue weighted by Crippen LogP contribution is 2.47. The van der Waals surface area contributed by atoms with Crippen LogP contribution in [-0.4, -0.2) is 59.0 Å². The smallest absolute Gasteiger partial charge is 0.228 e. The van der Waals surface area contributed by atoms with Gasteiger partial charge in [-0.3, -0.25) is 9.59 Å². The number of rotatable bonds is 4. The van der Waals surface area contributed by atoms with E-state index in [2.05, 4.69) is 39.5 Å². The Morgan fingerprint density at radius 1 is 0.812 bits per heavy atom. The summed E-state index contributed by atoms with van der Waals surface area (Å²) in [5.74, 6) is 0.455. The van der Waals surface area contributed by atoms with Gasteiger partial charge >= 0.3 is 0 Å². The van der Waals surface area contributed by atoms with Gasteiger partial charge < -0.3 is 14.5 Å². The highest BCUT2D eigenvalue weighted by atomic mass is 16.5. The lowest BCUT2D eigenvalue weighted by Gasteiger charge is -2.50. The predicted octanol–water partition coefficient (Wildman–Crippen LogP) is 5.42. The second-order valence-corrected chi connectivity index (χ2v) is 13.6. The minimum atomic E-state index is -0.448. The Morgan fingerprint density at radius 2 is 1.38 bits per heavy atom. The van der Waals surface area contributed by atoms with Crippen LogP contribution in [0.4, 0.5) is 0 Å². The molecule has 1 unspecified atom stereocenters. The summed E-state index contributed by atoms with van der Waals surface area (Å²) in [5, 5.41) is 0. The van der Waals surface area contributed by atoms with Crippen molar-refractivity contribution in [2.24, 2.45) is 16.2 Å². The van der Waals surface area contributed by atoms with Crippen molar-refractivity contribution in [1.29, 1.82) is 0 Å². The normalized spacial score (nSPS) is 28.2. The van der Waals surface area contributed by atoms with E-state index in [1.165, 1.54) is 38.5 Å². The number of nitrogens with zero attached hydrogens (tertiary/aromatic N) is 2. The van der Waals surface area contributed by atoms with Crippen molar-refractivity contribution in [3.63, 3.8) is 0 Å². The fraction of sp³-hybridized carbons (Fsp3) is 0.926. The van der Waals surface area contributed by atoms with Crippen LogP contribution in [0.5, 0.6) is 0 Å². The molecule has 0 aromatic heterocycles. The molecule has 3 aliphatic rings. The number of morpholine rings is 1. The molecule has 5 nitrogen and oxygen atoms in total. The van der Waals surface area contributed by atoms with Crippen molar-refractivity contribution in [1.82, 2.24) is 9.80 Å². The SMILES string of the molecule is CC1(C)CN(C(=O)C(C)(C)C)CC(C)(CCC(C)(C)C(=O)N2CCC3(CCCC3)CC2)O1. The van der Waals surface area contributed by atoms with Crippen LogP contribution in [0.2, 0.25) is 0 Å². The maximum Gasteiger partial charge on any atom is 0.228 e. The minimum absolute atomic E-state index is 0.171. The molecule has 0 aromatic rings. The second-order valence-electron chi connectivity index (χ2n) is 13.6. The molecule has 5 heteroatoms. The van der Waals surface area contributed by atoms with Gasteiger partial charge in [-0.25, -0.2) is 0 Å². The van der Waals surface area contributed by atoms with Crippen LogP contribution in [0.25, 0.3) is 0 Å². The number of carbonyl (C=O) groups is 2. The highest BCUT2D eigenvalue weighted by Gasteiger charge is 2.46. The molecular formula is C27H48N2O3. The Hall–Kier alpha value is -1.10. The third-order valence-electron chi connectivity index (χ3n) is 8.18. The molecule has 0 aromatic carbocycles. The number of ether oxygens (including phenoxy) is 1. The van der Waals surface area contributed by atoms with Crippen LogP contribution >= 0.6 is 0 Å². The molecule has 1 atom stereocenters. The molecule has 3 rings (SSSR count). The van der Waals surface area contributed by atoms with E-state index in [9.17, 15) is 9.59 Å². The molecule has 0 N–H and O–H groups in total. The number of hydrogen-bond acceptors (Lipinski definition) is 3. The number of hydrogen-bond donors (Lipinski definition) is 0. The molecule has 0 bridgehead atoms. The maximum atomic E-state index is 13.5. The second kappa shape index (κ2) is 8.60. The van der Waals surface area contributed by atoms with E-state index in [1.54, 1.807) is 0 Å². The lowest BCUT2D eigenvalue weighted by atomic mass is 9.75. The lowest BCUT2D eigenvalue weighted by molar-refractivity contribution is -0.201. The molecular weight excluding hydrogens is 400 g/mol. The van der Waals surface area contributed by atoms with Crippen LogP contribution in [0.15, 0.2) is 0 Å². The molecule has 184 valence electrons. The first-order valence-electron chi connectivity index (χ1n) is 12.9. The first-order valence-corrected chi connectivity index (χ1v) is 12.9. The van der Waals surface area contributed by atoms with Crippen molar-refractivity contribution < 1.29 is 14.3 Å². The zero-order valence-corrected chi connectivity index (χ0v) is 22.1. The molecule has 3 fully saturated rings. The van der Waals surface area contributed by atoms with Gasteiger partial charge in [0.1, 0.15) is 0 Å². The minimum Gasteiger partial charge on any atom is -0.366 e. The molecule has 2 saturated heterocycles. The van der Waals surface area contributed by atoms with Crippen molar-refractivity contribution in [3.05, 3.63) is 0 Å². The molecule has 32 heavy (non-hydrogen) atoms. The van der Waals surface area contributed by atoms with Gasteiger partial charge in [-0.15, -0.1) is 0 Å². The van der Waals surface area contributed by atoms with Gasteiger partial charge in [-0.2, -0.15) is 0 Å². The zero-order chi connectivity index (χ0) is 24.0. The van der Waals surface area contributed by atoms with Crippen molar-refractivity contribution in [2.45, 2.75) is 118 Å². The van der Waals surface area contributed by atoms with Gasteiger partial charge in [-0.1, -0.05) is 47.5 Å². The Morgan fingerprint density at radius 3 is 1.91 bits per heavy atom. The number of likely N-dealkylation sites (tertiary alicyclic amines) is 1. The van der Waals surface area contributed by atoms with Crippen LogP contribution in [0, 0.1) is 16.2 Å². The largest absolute Gasteiger partial charge is 0.366 e. The van der Waals surface area contributed by atoms with Gasteiger partial charge in [0.15, 0.2) is 0 Å². The van der Waals surface area contributed by atoms with Gasteiger partial charge in [0, 0.05) is 37.0 Å². The average molecular weight is 449 g/mol. The lowest BCUT2D eigenvalue weighted by Crippen LogP contribution is -2.61. The summed E-state index contributed by atoms with van der Waals surface area (Å²) in [4.78, 5) is 30.6. The topological polar surface area (TPSA) is 49.9 Å². The van der Waals surface area contributed by atoms with Gasteiger partial charge in [-0.05, 0) is 64.7 Å². The summed E-state index contributed by atoms with van der Waals surface area (Å²) in [6, 6.07) is 0. The summed E-state index contributed by atoms with van der Waals surface area (Å²) >= 11 is 0. The first-order chi connectivity index (χ1) is 14.6. The number of amides is 2. The monoisotopic (exact) mass is 448 g/mol. The van der Waals surface area contributed by atoms with Crippen molar-refractivity contribution >= 4 is 11.8 Å². The molecule has 2 amide bonds. The van der Waals surface area contributed by atoms with Crippen LogP contribution in [0.1, 0.15) is 107 Å². The van der Waals surface area contributed by atoms with Crippen molar-refractivity contribution in [2.75, 3.05) is 26.2 Å². The van der Waals surface area contributed by atoms with E-state index in [1.807, 2.05) is 25.7 Å². The average Bonchev–Trinajstić information content (AvgIpc) is 3.12. The summed E-state index contributed by atoms with van der Waals surface area (Å²) in [6.45, 7) is 19.4. The zero-order valence-electron chi connectivity index (χ0n) is 22.1. The molecule has 1 saturated carbocycles. The fourth-order valence-electron chi connectivity index (χ4n) is 6.32. The van der Waals surface area contributed by atoms with Crippen LogP contribution < -0.4 is 0 Å². The summed E-state index contributed by atoms with van der Waals surface area (Å²) < 4.78 is 6.52. The Bertz CT molecular complexity index is 705. The number of piperidine rings is 1. The third kappa shape index (κ3) is 5.69. The maximum absolute atomic E-state index is 13.5. The van der Waals surface area contributed by atoms with Crippen LogP contribution in [-0.2, 0) is 14.3 Å². The Labute approximate surface area is 196 Å².